The van der Waals surface area contributed by atoms with Crippen molar-refractivity contribution >= 4 is 5.91 Å². The Labute approximate surface area is 114 Å². The number of pyridine rings is 1. The number of carbonyl (C=O) groups is 1. The lowest BCUT2D eigenvalue weighted by atomic mass is 10.2. The van der Waals surface area contributed by atoms with E-state index in [0.29, 0.717) is 6.54 Å². The third-order valence-corrected chi connectivity index (χ3v) is 3.43. The molecule has 104 valence electrons. The van der Waals surface area contributed by atoms with E-state index in [1.165, 1.54) is 5.56 Å². The van der Waals surface area contributed by atoms with Gasteiger partial charge in [-0.3, -0.25) is 14.7 Å². The summed E-state index contributed by atoms with van der Waals surface area (Å²) in [4.78, 5) is 20.4. The molecule has 0 saturated carbocycles. The second kappa shape index (κ2) is 6.63. The van der Waals surface area contributed by atoms with E-state index in [1.54, 1.807) is 6.20 Å². The molecule has 0 radical (unpaired) electrons. The quantitative estimate of drug-likeness (QED) is 0.845. The van der Waals surface area contributed by atoms with Crippen LogP contribution in [0.25, 0.3) is 0 Å². The Morgan fingerprint density at radius 2 is 2.21 bits per heavy atom. The molecular formula is C14H22N4O. The number of amides is 1. The summed E-state index contributed by atoms with van der Waals surface area (Å²) in [6.45, 7) is 6.67. The lowest BCUT2D eigenvalue weighted by Crippen LogP contribution is -2.49. The molecule has 0 unspecified atom stereocenters. The molecule has 0 aliphatic carbocycles. The first-order valence-electron chi connectivity index (χ1n) is 6.74. The molecule has 0 bridgehead atoms. The standard InChI is InChI=1S/C14H22N4O/c1-12-13(4-3-5-16-12)10-17(2)11-14(19)18-8-6-15-7-9-18/h3-5,15H,6-11H2,1-2H3. The van der Waals surface area contributed by atoms with Gasteiger partial charge in [-0.2, -0.15) is 0 Å². The van der Waals surface area contributed by atoms with Crippen molar-refractivity contribution in [1.82, 2.24) is 20.1 Å². The smallest absolute Gasteiger partial charge is 0.236 e. The van der Waals surface area contributed by atoms with Crippen molar-refractivity contribution in [2.24, 2.45) is 0 Å². The number of carbonyl (C=O) groups excluding carboxylic acids is 1. The molecule has 5 nitrogen and oxygen atoms in total. The van der Waals surface area contributed by atoms with Crippen LogP contribution >= 0.6 is 0 Å². The van der Waals surface area contributed by atoms with E-state index in [-0.39, 0.29) is 5.91 Å². The number of aryl methyl sites for hydroxylation is 1. The maximum Gasteiger partial charge on any atom is 0.236 e. The van der Waals surface area contributed by atoms with Crippen molar-refractivity contribution < 1.29 is 4.79 Å². The second-order valence-electron chi connectivity index (χ2n) is 5.05. The Morgan fingerprint density at radius 3 is 2.89 bits per heavy atom. The summed E-state index contributed by atoms with van der Waals surface area (Å²) < 4.78 is 0. The zero-order valence-corrected chi connectivity index (χ0v) is 11.7. The van der Waals surface area contributed by atoms with Crippen molar-refractivity contribution in [3.05, 3.63) is 29.6 Å². The van der Waals surface area contributed by atoms with Crippen LogP contribution in [0.2, 0.25) is 0 Å². The minimum atomic E-state index is 0.213. The van der Waals surface area contributed by atoms with E-state index >= 15 is 0 Å². The van der Waals surface area contributed by atoms with Crippen LogP contribution in [0.3, 0.4) is 0 Å². The number of piperazine rings is 1. The average Bonchev–Trinajstić information content (AvgIpc) is 2.42. The van der Waals surface area contributed by atoms with Crippen LogP contribution in [0.1, 0.15) is 11.3 Å². The van der Waals surface area contributed by atoms with E-state index < -0.39 is 0 Å². The van der Waals surface area contributed by atoms with Crippen molar-refractivity contribution in [1.29, 1.82) is 0 Å². The summed E-state index contributed by atoms with van der Waals surface area (Å²) in [7, 11) is 1.98. The fourth-order valence-corrected chi connectivity index (χ4v) is 2.28. The number of hydrogen-bond donors (Lipinski definition) is 1. The van der Waals surface area contributed by atoms with Gasteiger partial charge in [0.05, 0.1) is 6.54 Å². The lowest BCUT2D eigenvalue weighted by Gasteiger charge is -2.29. The molecule has 1 N–H and O–H groups in total. The van der Waals surface area contributed by atoms with Gasteiger partial charge in [0, 0.05) is 44.6 Å². The van der Waals surface area contributed by atoms with Gasteiger partial charge in [-0.1, -0.05) is 6.07 Å². The molecular weight excluding hydrogens is 240 g/mol. The largest absolute Gasteiger partial charge is 0.339 e. The fraction of sp³-hybridized carbons (Fsp3) is 0.571. The highest BCUT2D eigenvalue weighted by Gasteiger charge is 2.17. The van der Waals surface area contributed by atoms with Crippen LogP contribution in [0.5, 0.6) is 0 Å². The van der Waals surface area contributed by atoms with E-state index in [9.17, 15) is 4.79 Å². The Morgan fingerprint density at radius 1 is 1.47 bits per heavy atom. The maximum atomic E-state index is 12.1. The lowest BCUT2D eigenvalue weighted by molar-refractivity contribution is -0.132. The topological polar surface area (TPSA) is 48.5 Å². The fourth-order valence-electron chi connectivity index (χ4n) is 2.28. The molecule has 19 heavy (non-hydrogen) atoms. The predicted octanol–water partition coefficient (Wildman–Crippen LogP) is 0.254. The Hall–Kier alpha value is -1.46. The Kier molecular flexibility index (Phi) is 4.87. The molecule has 1 aromatic heterocycles. The van der Waals surface area contributed by atoms with Gasteiger partial charge in [0.15, 0.2) is 0 Å². The van der Waals surface area contributed by atoms with Gasteiger partial charge >= 0.3 is 0 Å². The van der Waals surface area contributed by atoms with E-state index in [2.05, 4.69) is 16.4 Å². The summed E-state index contributed by atoms with van der Waals surface area (Å²) >= 11 is 0. The summed E-state index contributed by atoms with van der Waals surface area (Å²) in [5.41, 5.74) is 2.21. The second-order valence-corrected chi connectivity index (χ2v) is 5.05. The molecule has 0 atom stereocenters. The summed E-state index contributed by atoms with van der Waals surface area (Å²) in [5, 5.41) is 3.25. The van der Waals surface area contributed by atoms with E-state index in [4.69, 9.17) is 0 Å². The SMILES string of the molecule is Cc1ncccc1CN(C)CC(=O)N1CCNCC1. The van der Waals surface area contributed by atoms with Gasteiger partial charge in [-0.15, -0.1) is 0 Å². The number of hydrogen-bond acceptors (Lipinski definition) is 4. The van der Waals surface area contributed by atoms with Crippen LogP contribution < -0.4 is 5.32 Å². The van der Waals surface area contributed by atoms with Gasteiger partial charge in [-0.25, -0.2) is 0 Å². The first-order chi connectivity index (χ1) is 9.16. The van der Waals surface area contributed by atoms with Crippen LogP contribution in [0.4, 0.5) is 0 Å². The number of nitrogens with zero attached hydrogens (tertiary/aromatic N) is 3. The molecule has 5 heteroatoms. The molecule has 2 rings (SSSR count). The first kappa shape index (κ1) is 14.0. The Balaban J connectivity index is 1.85. The average molecular weight is 262 g/mol. The number of nitrogens with one attached hydrogen (secondary N) is 1. The monoisotopic (exact) mass is 262 g/mol. The zero-order valence-electron chi connectivity index (χ0n) is 11.7. The normalized spacial score (nSPS) is 15.8. The summed E-state index contributed by atoms with van der Waals surface area (Å²) in [6, 6.07) is 4.00. The van der Waals surface area contributed by atoms with Crippen molar-refractivity contribution in [2.75, 3.05) is 39.8 Å². The first-order valence-corrected chi connectivity index (χ1v) is 6.74. The van der Waals surface area contributed by atoms with E-state index in [1.807, 2.05) is 29.8 Å². The third kappa shape index (κ3) is 4.01. The third-order valence-electron chi connectivity index (χ3n) is 3.43. The minimum absolute atomic E-state index is 0.213. The highest BCUT2D eigenvalue weighted by Crippen LogP contribution is 2.07. The van der Waals surface area contributed by atoms with E-state index in [0.717, 1.165) is 38.4 Å². The van der Waals surface area contributed by atoms with Crippen molar-refractivity contribution in [3.63, 3.8) is 0 Å². The van der Waals surface area contributed by atoms with Crippen LogP contribution in [-0.4, -0.2) is 60.5 Å². The van der Waals surface area contributed by atoms with Crippen LogP contribution in [0.15, 0.2) is 18.3 Å². The predicted molar refractivity (Wildman–Crippen MR) is 74.8 cm³/mol. The summed E-state index contributed by atoms with van der Waals surface area (Å²) in [6.07, 6.45) is 1.80. The summed E-state index contributed by atoms with van der Waals surface area (Å²) in [5.74, 6) is 0.213. The molecule has 2 heterocycles. The minimum Gasteiger partial charge on any atom is -0.339 e. The highest BCUT2D eigenvalue weighted by molar-refractivity contribution is 5.78. The van der Waals surface area contributed by atoms with Crippen molar-refractivity contribution in [3.8, 4) is 0 Å². The Bertz CT molecular complexity index is 429. The number of likely N-dealkylation sites (N-methyl/N-ethyl adjacent to an activating group) is 1. The molecule has 1 saturated heterocycles. The molecule has 0 spiro atoms. The van der Waals surface area contributed by atoms with Gasteiger partial charge < -0.3 is 10.2 Å². The van der Waals surface area contributed by atoms with Crippen molar-refractivity contribution in [2.45, 2.75) is 13.5 Å². The molecule has 1 aliphatic heterocycles. The molecule has 1 aromatic rings. The molecule has 1 fully saturated rings. The molecule has 1 amide bonds. The molecule has 1 aliphatic rings. The number of aromatic nitrogens is 1. The van der Waals surface area contributed by atoms with Crippen LogP contribution in [-0.2, 0) is 11.3 Å². The number of rotatable bonds is 4. The van der Waals surface area contributed by atoms with Gasteiger partial charge in [0.2, 0.25) is 5.91 Å². The van der Waals surface area contributed by atoms with Gasteiger partial charge in [-0.05, 0) is 25.6 Å². The van der Waals surface area contributed by atoms with Gasteiger partial charge in [0.1, 0.15) is 0 Å². The zero-order chi connectivity index (χ0) is 13.7. The highest BCUT2D eigenvalue weighted by atomic mass is 16.2. The van der Waals surface area contributed by atoms with Gasteiger partial charge in [0.25, 0.3) is 0 Å². The van der Waals surface area contributed by atoms with Crippen LogP contribution in [0, 0.1) is 6.92 Å². The molecule has 0 aromatic carbocycles. The maximum absolute atomic E-state index is 12.1.